The molecule has 0 bridgehead atoms. The van der Waals surface area contributed by atoms with Gasteiger partial charge in [0, 0.05) is 49.3 Å². The Morgan fingerprint density at radius 1 is 1.29 bits per heavy atom. The van der Waals surface area contributed by atoms with Crippen molar-refractivity contribution in [1.29, 1.82) is 0 Å². The first kappa shape index (κ1) is 14.2. The van der Waals surface area contributed by atoms with E-state index in [2.05, 4.69) is 9.97 Å². The van der Waals surface area contributed by atoms with Crippen molar-refractivity contribution in [3.63, 3.8) is 0 Å². The highest BCUT2D eigenvalue weighted by Gasteiger charge is 2.17. The fourth-order valence-corrected chi connectivity index (χ4v) is 3.07. The molecule has 0 atom stereocenters. The van der Waals surface area contributed by atoms with E-state index in [1.54, 1.807) is 23.7 Å². The average molecular weight is 303 g/mol. The molecular weight excluding hydrogens is 286 g/mol. The second kappa shape index (κ2) is 6.78. The number of aryl methyl sites for hydroxylation is 1. The van der Waals surface area contributed by atoms with Crippen molar-refractivity contribution in [3.8, 4) is 11.3 Å². The Hall–Kier alpha value is -1.79. The van der Waals surface area contributed by atoms with Gasteiger partial charge in [0.2, 0.25) is 5.91 Å². The molecule has 110 valence electrons. The quantitative estimate of drug-likeness (QED) is 0.867. The van der Waals surface area contributed by atoms with Crippen molar-refractivity contribution in [1.82, 2.24) is 14.9 Å². The lowest BCUT2D eigenvalue weighted by atomic mass is 10.2. The van der Waals surface area contributed by atoms with Gasteiger partial charge in [-0.1, -0.05) is 0 Å². The molecule has 2 aromatic heterocycles. The Balaban J connectivity index is 1.56. The molecule has 1 fully saturated rings. The molecule has 0 N–H and O–H groups in total. The number of carbonyl (C=O) groups is 1. The van der Waals surface area contributed by atoms with Gasteiger partial charge in [-0.25, -0.2) is 4.98 Å². The lowest BCUT2D eigenvalue weighted by molar-refractivity contribution is -0.135. The predicted molar refractivity (Wildman–Crippen MR) is 81.1 cm³/mol. The van der Waals surface area contributed by atoms with Crippen molar-refractivity contribution in [2.75, 3.05) is 26.3 Å². The number of hydrogen-bond acceptors (Lipinski definition) is 5. The number of carbonyl (C=O) groups excluding carboxylic acids is 1. The first-order chi connectivity index (χ1) is 10.3. The van der Waals surface area contributed by atoms with Gasteiger partial charge in [-0.3, -0.25) is 9.78 Å². The smallest absolute Gasteiger partial charge is 0.223 e. The summed E-state index contributed by atoms with van der Waals surface area (Å²) in [5, 5.41) is 3.03. The minimum Gasteiger partial charge on any atom is -0.378 e. The monoisotopic (exact) mass is 303 g/mol. The predicted octanol–water partition coefficient (Wildman–Crippen LogP) is 2.00. The van der Waals surface area contributed by atoms with Gasteiger partial charge < -0.3 is 9.64 Å². The Kier molecular flexibility index (Phi) is 4.57. The number of rotatable bonds is 4. The molecular formula is C15H17N3O2S. The van der Waals surface area contributed by atoms with Crippen molar-refractivity contribution in [2.45, 2.75) is 12.8 Å². The molecule has 3 heterocycles. The van der Waals surface area contributed by atoms with Gasteiger partial charge in [0.05, 0.1) is 23.9 Å². The van der Waals surface area contributed by atoms with Gasteiger partial charge in [-0.2, -0.15) is 0 Å². The molecule has 0 spiro atoms. The van der Waals surface area contributed by atoms with E-state index in [4.69, 9.17) is 4.74 Å². The average Bonchev–Trinajstić information content (AvgIpc) is 3.03. The van der Waals surface area contributed by atoms with E-state index in [9.17, 15) is 4.79 Å². The number of hydrogen-bond donors (Lipinski definition) is 0. The molecule has 21 heavy (non-hydrogen) atoms. The fraction of sp³-hybridized carbons (Fsp3) is 0.400. The summed E-state index contributed by atoms with van der Waals surface area (Å²) in [6.45, 7) is 2.71. The maximum atomic E-state index is 12.1. The van der Waals surface area contributed by atoms with Crippen LogP contribution in [-0.4, -0.2) is 47.1 Å². The SMILES string of the molecule is O=C(CCc1nc(-c2ccncc2)cs1)N1CCOCC1. The molecule has 0 radical (unpaired) electrons. The van der Waals surface area contributed by atoms with Gasteiger partial charge in [0.25, 0.3) is 0 Å². The Morgan fingerprint density at radius 2 is 2.05 bits per heavy atom. The van der Waals surface area contributed by atoms with Gasteiger partial charge in [-0.15, -0.1) is 11.3 Å². The van der Waals surface area contributed by atoms with Crippen LogP contribution in [0, 0.1) is 0 Å². The van der Waals surface area contributed by atoms with Gasteiger partial charge in [0.15, 0.2) is 0 Å². The highest BCUT2D eigenvalue weighted by atomic mass is 32.1. The van der Waals surface area contributed by atoms with Crippen LogP contribution in [0.2, 0.25) is 0 Å². The number of nitrogens with zero attached hydrogens (tertiary/aromatic N) is 3. The fourth-order valence-electron chi connectivity index (χ4n) is 2.27. The number of morpholine rings is 1. The van der Waals surface area contributed by atoms with E-state index in [0.717, 1.165) is 16.3 Å². The molecule has 0 aliphatic carbocycles. The number of thiazole rings is 1. The van der Waals surface area contributed by atoms with Crippen LogP contribution in [0.15, 0.2) is 29.9 Å². The van der Waals surface area contributed by atoms with Crippen LogP contribution in [0.5, 0.6) is 0 Å². The Bertz CT molecular complexity index is 594. The zero-order valence-electron chi connectivity index (χ0n) is 11.7. The Labute approximate surface area is 127 Å². The second-order valence-corrected chi connectivity index (χ2v) is 5.80. The maximum absolute atomic E-state index is 12.1. The van der Waals surface area contributed by atoms with Crippen LogP contribution in [-0.2, 0) is 16.0 Å². The summed E-state index contributed by atoms with van der Waals surface area (Å²) in [5.74, 6) is 0.193. The molecule has 1 aliphatic rings. The summed E-state index contributed by atoms with van der Waals surface area (Å²) in [4.78, 5) is 22.6. The molecule has 1 amide bonds. The topological polar surface area (TPSA) is 55.3 Å². The molecule has 0 saturated carbocycles. The van der Waals surface area contributed by atoms with Crippen molar-refractivity contribution >= 4 is 17.2 Å². The van der Waals surface area contributed by atoms with Crippen LogP contribution in [0.3, 0.4) is 0 Å². The van der Waals surface area contributed by atoms with Gasteiger partial charge in [-0.05, 0) is 12.1 Å². The van der Waals surface area contributed by atoms with E-state index in [1.807, 2.05) is 22.4 Å². The number of pyridine rings is 1. The van der Waals surface area contributed by atoms with Crippen LogP contribution >= 0.6 is 11.3 Å². The van der Waals surface area contributed by atoms with Crippen LogP contribution in [0.25, 0.3) is 11.3 Å². The summed E-state index contributed by atoms with van der Waals surface area (Å²) < 4.78 is 5.26. The zero-order valence-corrected chi connectivity index (χ0v) is 12.5. The number of aromatic nitrogens is 2. The van der Waals surface area contributed by atoms with Crippen LogP contribution in [0.4, 0.5) is 0 Å². The first-order valence-electron chi connectivity index (χ1n) is 7.03. The molecule has 1 aliphatic heterocycles. The minimum absolute atomic E-state index is 0.193. The van der Waals surface area contributed by atoms with Crippen LogP contribution < -0.4 is 0 Å². The summed E-state index contributed by atoms with van der Waals surface area (Å²) >= 11 is 1.61. The third-order valence-corrected chi connectivity index (χ3v) is 4.35. The largest absolute Gasteiger partial charge is 0.378 e. The van der Waals surface area contributed by atoms with Gasteiger partial charge >= 0.3 is 0 Å². The zero-order chi connectivity index (χ0) is 14.5. The van der Waals surface area contributed by atoms with E-state index in [0.29, 0.717) is 39.1 Å². The highest BCUT2D eigenvalue weighted by Crippen LogP contribution is 2.22. The molecule has 0 aromatic carbocycles. The third kappa shape index (κ3) is 3.65. The van der Waals surface area contributed by atoms with Crippen LogP contribution in [0.1, 0.15) is 11.4 Å². The summed E-state index contributed by atoms with van der Waals surface area (Å²) in [7, 11) is 0. The van der Waals surface area contributed by atoms with E-state index in [1.165, 1.54) is 0 Å². The first-order valence-corrected chi connectivity index (χ1v) is 7.91. The summed E-state index contributed by atoms with van der Waals surface area (Å²) in [5.41, 5.74) is 2.02. The summed E-state index contributed by atoms with van der Waals surface area (Å²) in [6, 6.07) is 3.88. The highest BCUT2D eigenvalue weighted by molar-refractivity contribution is 7.09. The van der Waals surface area contributed by atoms with E-state index in [-0.39, 0.29) is 5.91 Å². The van der Waals surface area contributed by atoms with E-state index < -0.39 is 0 Å². The standard InChI is InChI=1S/C15H17N3O2S/c19-15(18-7-9-20-10-8-18)2-1-14-17-13(11-21-14)12-3-5-16-6-4-12/h3-6,11H,1-2,7-10H2. The lowest BCUT2D eigenvalue weighted by Crippen LogP contribution is -2.40. The van der Waals surface area contributed by atoms with Crippen molar-refractivity contribution in [2.24, 2.45) is 0 Å². The molecule has 6 heteroatoms. The minimum atomic E-state index is 0.193. The van der Waals surface area contributed by atoms with Crippen molar-refractivity contribution < 1.29 is 9.53 Å². The maximum Gasteiger partial charge on any atom is 0.223 e. The molecule has 2 aromatic rings. The van der Waals surface area contributed by atoms with E-state index >= 15 is 0 Å². The number of ether oxygens (including phenoxy) is 1. The summed E-state index contributed by atoms with van der Waals surface area (Å²) in [6.07, 6.45) is 4.74. The third-order valence-electron chi connectivity index (χ3n) is 3.44. The number of amides is 1. The molecule has 1 saturated heterocycles. The molecule has 0 unspecified atom stereocenters. The van der Waals surface area contributed by atoms with Crippen molar-refractivity contribution in [3.05, 3.63) is 34.9 Å². The second-order valence-electron chi connectivity index (χ2n) is 4.86. The van der Waals surface area contributed by atoms with Gasteiger partial charge in [0.1, 0.15) is 0 Å². The molecule has 5 nitrogen and oxygen atoms in total. The lowest BCUT2D eigenvalue weighted by Gasteiger charge is -2.26. The Morgan fingerprint density at radius 3 is 2.81 bits per heavy atom. The molecule has 3 rings (SSSR count). The normalized spacial score (nSPS) is 15.1.